The van der Waals surface area contributed by atoms with E-state index >= 15 is 0 Å². The van der Waals surface area contributed by atoms with Gasteiger partial charge in [-0.3, -0.25) is 4.57 Å². The number of nitrogen functional groups attached to an aromatic ring is 1. The molecule has 0 amide bonds. The van der Waals surface area contributed by atoms with Crippen molar-refractivity contribution in [2.75, 3.05) is 30.4 Å². The highest BCUT2D eigenvalue weighted by Crippen LogP contribution is 2.33. The molecule has 0 spiro atoms. The van der Waals surface area contributed by atoms with Crippen molar-refractivity contribution in [3.63, 3.8) is 0 Å². The molecule has 4 atom stereocenters. The monoisotopic (exact) mass is 322 g/mol. The smallest absolute Gasteiger partial charge is 0.211 e. The van der Waals surface area contributed by atoms with Gasteiger partial charge in [0, 0.05) is 0 Å². The number of anilines is 2. The lowest BCUT2D eigenvalue weighted by atomic mass is 10.1. The van der Waals surface area contributed by atoms with Crippen molar-refractivity contribution in [3.8, 4) is 0 Å². The second kappa shape index (κ2) is 5.25. The fourth-order valence-corrected chi connectivity index (χ4v) is 2.70. The number of nitrogens with zero attached hydrogens (tertiary/aromatic N) is 6. The van der Waals surface area contributed by atoms with Crippen LogP contribution in [0.3, 0.4) is 0 Å². The number of ether oxygens (including phenoxy) is 1. The van der Waals surface area contributed by atoms with Crippen LogP contribution in [0.1, 0.15) is 6.23 Å². The van der Waals surface area contributed by atoms with Crippen LogP contribution < -0.4 is 10.7 Å². The quantitative estimate of drug-likeness (QED) is 0.508. The molecule has 2 aromatic heterocycles. The van der Waals surface area contributed by atoms with Crippen molar-refractivity contribution < 1.29 is 20.1 Å². The Morgan fingerprint density at radius 2 is 2.13 bits per heavy atom. The van der Waals surface area contributed by atoms with E-state index < -0.39 is 31.1 Å². The number of hydrogen-bond acceptors (Lipinski definition) is 9. The number of aromatic nitrogens is 4. The van der Waals surface area contributed by atoms with Crippen LogP contribution in [0.15, 0.2) is 6.33 Å². The first-order chi connectivity index (χ1) is 11.1. The highest BCUT2D eigenvalue weighted by atomic mass is 16.6. The molecular weight excluding hydrogens is 306 g/mol. The minimum atomic E-state index is -1.22. The van der Waals surface area contributed by atoms with E-state index in [2.05, 4.69) is 20.4 Å². The average Bonchev–Trinajstić information content (AvgIpc) is 3.00. The molecule has 2 aromatic rings. The number of imidazole rings is 1. The molecule has 0 unspecified atom stereocenters. The Kier molecular flexibility index (Phi) is 3.32. The Labute approximate surface area is 130 Å². The largest absolute Gasteiger partial charge is 0.564 e. The molecule has 0 saturated carbocycles. The topological polar surface area (TPSA) is 157 Å². The van der Waals surface area contributed by atoms with Gasteiger partial charge in [0.05, 0.1) is 12.9 Å². The highest BCUT2D eigenvalue weighted by molar-refractivity contribution is 5.83. The third-order valence-corrected chi connectivity index (χ3v) is 4.04. The van der Waals surface area contributed by atoms with E-state index in [4.69, 9.17) is 10.5 Å². The predicted molar refractivity (Wildman–Crippen MR) is 78.3 cm³/mol. The molecule has 124 valence electrons. The SMILES string of the molecule is Nc1nc(N2CC[N-]2)nc2c1ncn2[C@@H]1O[C@H](CO)[C@@H](O)[C@H]1O. The van der Waals surface area contributed by atoms with Crippen molar-refractivity contribution in [3.05, 3.63) is 11.8 Å². The first kappa shape index (κ1) is 14.5. The van der Waals surface area contributed by atoms with Crippen molar-refractivity contribution in [1.29, 1.82) is 0 Å². The van der Waals surface area contributed by atoms with Crippen LogP contribution in [-0.4, -0.2) is 72.8 Å². The third-order valence-electron chi connectivity index (χ3n) is 4.04. The van der Waals surface area contributed by atoms with Gasteiger partial charge in [0.1, 0.15) is 23.8 Å². The third kappa shape index (κ3) is 2.13. The number of rotatable bonds is 3. The summed E-state index contributed by atoms with van der Waals surface area (Å²) in [7, 11) is 0. The van der Waals surface area contributed by atoms with Gasteiger partial charge >= 0.3 is 0 Å². The van der Waals surface area contributed by atoms with Gasteiger partial charge in [-0.15, -0.1) is 6.54 Å². The second-order valence-electron chi connectivity index (χ2n) is 5.45. The lowest BCUT2D eigenvalue weighted by molar-refractivity contribution is -0.0511. The van der Waals surface area contributed by atoms with Crippen LogP contribution in [0.4, 0.5) is 11.8 Å². The maximum absolute atomic E-state index is 10.2. The molecule has 23 heavy (non-hydrogen) atoms. The summed E-state index contributed by atoms with van der Waals surface area (Å²) in [4.78, 5) is 12.7. The molecule has 2 fully saturated rings. The van der Waals surface area contributed by atoms with Crippen LogP contribution in [0.2, 0.25) is 0 Å². The van der Waals surface area contributed by atoms with E-state index in [0.717, 1.165) is 0 Å². The molecule has 2 saturated heterocycles. The summed E-state index contributed by atoms with van der Waals surface area (Å²) in [6, 6.07) is 0. The molecule has 2 aliphatic rings. The van der Waals surface area contributed by atoms with Gasteiger partial charge in [-0.2, -0.15) is 9.97 Å². The predicted octanol–water partition coefficient (Wildman–Crippen LogP) is -1.87. The summed E-state index contributed by atoms with van der Waals surface area (Å²) < 4.78 is 6.98. The minimum Gasteiger partial charge on any atom is -0.564 e. The summed E-state index contributed by atoms with van der Waals surface area (Å²) in [6.07, 6.45) is -2.82. The zero-order chi connectivity index (χ0) is 16.1. The molecular formula is C12H16N7O4-. The van der Waals surface area contributed by atoms with Crippen LogP contribution in [0.5, 0.6) is 0 Å². The lowest BCUT2D eigenvalue weighted by Crippen LogP contribution is -2.35. The number of nitrogens with two attached hydrogens (primary N) is 1. The van der Waals surface area contributed by atoms with E-state index in [1.165, 1.54) is 10.9 Å². The van der Waals surface area contributed by atoms with Gasteiger partial charge in [0.25, 0.3) is 0 Å². The van der Waals surface area contributed by atoms with Gasteiger partial charge in [0.15, 0.2) is 17.7 Å². The molecule has 0 aromatic carbocycles. The molecule has 4 rings (SSSR count). The fourth-order valence-electron chi connectivity index (χ4n) is 2.70. The van der Waals surface area contributed by atoms with E-state index in [1.807, 2.05) is 0 Å². The van der Waals surface area contributed by atoms with Crippen molar-refractivity contribution in [2.45, 2.75) is 24.5 Å². The van der Waals surface area contributed by atoms with E-state index in [9.17, 15) is 15.3 Å². The molecule has 11 nitrogen and oxygen atoms in total. The zero-order valence-electron chi connectivity index (χ0n) is 12.0. The summed E-state index contributed by atoms with van der Waals surface area (Å²) in [6.45, 7) is 0.999. The molecule has 0 bridgehead atoms. The maximum atomic E-state index is 10.2. The first-order valence-corrected chi connectivity index (χ1v) is 7.17. The van der Waals surface area contributed by atoms with Crippen LogP contribution in [-0.2, 0) is 4.74 Å². The fraction of sp³-hybridized carbons (Fsp3) is 0.583. The normalized spacial score (nSPS) is 30.8. The molecule has 2 aliphatic heterocycles. The van der Waals surface area contributed by atoms with Gasteiger partial charge in [-0.05, 0) is 6.54 Å². The number of hydrogen-bond donors (Lipinski definition) is 4. The first-order valence-electron chi connectivity index (χ1n) is 7.17. The Bertz CT molecular complexity index is 734. The second-order valence-corrected chi connectivity index (χ2v) is 5.45. The van der Waals surface area contributed by atoms with Gasteiger partial charge in [-0.1, -0.05) is 0 Å². The standard InChI is InChI=1S/C12H16N7O4/c13-9-6-10(17-12(16-9)19-2-1-15-19)18(4-14-6)11-8(22)7(21)5(3-20)23-11/h4-5,7-8,11,20-22H,1-3H2,(H2,13,16,17)/q-1/t5-,7-,8-,11-/m1/s1. The summed E-state index contributed by atoms with van der Waals surface area (Å²) in [5.74, 6) is 0.535. The lowest BCUT2D eigenvalue weighted by Gasteiger charge is -2.48. The van der Waals surface area contributed by atoms with Gasteiger partial charge < -0.3 is 36.2 Å². The number of aliphatic hydroxyl groups excluding tert-OH is 3. The molecule has 11 heteroatoms. The van der Waals surface area contributed by atoms with Crippen LogP contribution in [0.25, 0.3) is 16.6 Å². The Morgan fingerprint density at radius 1 is 1.35 bits per heavy atom. The summed E-state index contributed by atoms with van der Waals surface area (Å²) in [5, 5.41) is 30.9. The molecule has 5 N–H and O–H groups in total. The van der Waals surface area contributed by atoms with Crippen molar-refractivity contribution in [2.24, 2.45) is 0 Å². The zero-order valence-corrected chi connectivity index (χ0v) is 12.0. The molecule has 0 aliphatic carbocycles. The summed E-state index contributed by atoms with van der Waals surface area (Å²) >= 11 is 0. The summed E-state index contributed by atoms with van der Waals surface area (Å²) in [5.41, 5.74) is 10.8. The maximum Gasteiger partial charge on any atom is 0.211 e. The number of fused-ring (bicyclic) bond motifs is 1. The van der Waals surface area contributed by atoms with Crippen molar-refractivity contribution >= 4 is 22.9 Å². The van der Waals surface area contributed by atoms with Crippen molar-refractivity contribution in [1.82, 2.24) is 19.5 Å². The van der Waals surface area contributed by atoms with Gasteiger partial charge in [-0.25, -0.2) is 4.98 Å². The van der Waals surface area contributed by atoms with Gasteiger partial charge in [0.2, 0.25) is 5.95 Å². The Morgan fingerprint density at radius 3 is 2.74 bits per heavy atom. The van der Waals surface area contributed by atoms with Crippen LogP contribution in [0, 0.1) is 0 Å². The number of aliphatic hydroxyl groups is 3. The van der Waals surface area contributed by atoms with E-state index in [-0.39, 0.29) is 5.82 Å². The van der Waals surface area contributed by atoms with E-state index in [0.29, 0.717) is 30.2 Å². The molecule has 0 radical (unpaired) electrons. The van der Waals surface area contributed by atoms with E-state index in [1.54, 1.807) is 5.01 Å². The average molecular weight is 322 g/mol. The molecule has 4 heterocycles. The van der Waals surface area contributed by atoms with Crippen LogP contribution >= 0.6 is 0 Å². The Balaban J connectivity index is 1.77. The highest BCUT2D eigenvalue weighted by Gasteiger charge is 2.44. The minimum absolute atomic E-state index is 0.192. The Hall–Kier alpha value is -2.05.